The quantitative estimate of drug-likeness (QED) is 0.833. The molecule has 3 rings (SSSR count). The fourth-order valence-corrected chi connectivity index (χ4v) is 3.90. The summed E-state index contributed by atoms with van der Waals surface area (Å²) in [4.78, 5) is 14.5. The van der Waals surface area contributed by atoms with E-state index in [1.165, 1.54) is 37.7 Å². The number of piperidine rings is 1. The Labute approximate surface area is 122 Å². The normalized spacial score (nSPS) is 25.8. The van der Waals surface area contributed by atoms with Gasteiger partial charge in [-0.3, -0.25) is 9.69 Å². The number of ketones is 1. The molecule has 2 heteroatoms. The Kier molecular flexibility index (Phi) is 4.51. The number of carbonyl (C=O) groups excluding carboxylic acids is 1. The predicted molar refractivity (Wildman–Crippen MR) is 81.5 cm³/mol. The highest BCUT2D eigenvalue weighted by molar-refractivity contribution is 5.80. The van der Waals surface area contributed by atoms with Gasteiger partial charge in [0.2, 0.25) is 0 Å². The van der Waals surface area contributed by atoms with E-state index in [1.807, 2.05) is 0 Å². The maximum absolute atomic E-state index is 11.9. The van der Waals surface area contributed by atoms with Gasteiger partial charge in [0.1, 0.15) is 5.78 Å². The fraction of sp³-hybridized carbons (Fsp3) is 0.611. The molecule has 1 aliphatic carbocycles. The minimum atomic E-state index is 0.477. The lowest BCUT2D eigenvalue weighted by Gasteiger charge is -2.41. The lowest BCUT2D eigenvalue weighted by atomic mass is 9.79. The minimum absolute atomic E-state index is 0.477. The SMILES string of the molecule is O=C1CCN(Cc2ccccc2)C(C2CCCCC2)C1. The maximum atomic E-state index is 11.9. The van der Waals surface area contributed by atoms with Crippen LogP contribution in [0, 0.1) is 5.92 Å². The molecule has 1 aromatic rings. The summed E-state index contributed by atoms with van der Waals surface area (Å²) in [7, 11) is 0. The molecule has 2 aliphatic rings. The summed E-state index contributed by atoms with van der Waals surface area (Å²) in [6, 6.07) is 11.2. The molecule has 1 saturated carbocycles. The molecular formula is C18H25NO. The van der Waals surface area contributed by atoms with Crippen LogP contribution in [0.4, 0.5) is 0 Å². The van der Waals surface area contributed by atoms with Crippen molar-refractivity contribution in [3.8, 4) is 0 Å². The van der Waals surface area contributed by atoms with Crippen LogP contribution in [0.1, 0.15) is 50.5 Å². The summed E-state index contributed by atoms with van der Waals surface area (Å²) in [5, 5.41) is 0. The van der Waals surface area contributed by atoms with Crippen molar-refractivity contribution in [2.75, 3.05) is 6.54 Å². The number of benzene rings is 1. The molecule has 108 valence electrons. The lowest BCUT2D eigenvalue weighted by molar-refractivity contribution is -0.124. The van der Waals surface area contributed by atoms with Gasteiger partial charge in [-0.05, 0) is 24.3 Å². The third-order valence-electron chi connectivity index (χ3n) is 5.01. The smallest absolute Gasteiger partial charge is 0.135 e. The number of nitrogens with zero attached hydrogens (tertiary/aromatic N) is 1. The van der Waals surface area contributed by atoms with Crippen molar-refractivity contribution in [3.63, 3.8) is 0 Å². The second-order valence-corrected chi connectivity index (χ2v) is 6.41. The molecule has 0 aromatic heterocycles. The molecule has 1 saturated heterocycles. The number of likely N-dealkylation sites (tertiary alicyclic amines) is 1. The first-order valence-electron chi connectivity index (χ1n) is 8.12. The molecular weight excluding hydrogens is 246 g/mol. The van der Waals surface area contributed by atoms with E-state index in [0.29, 0.717) is 11.8 Å². The summed E-state index contributed by atoms with van der Waals surface area (Å²) >= 11 is 0. The third-order valence-corrected chi connectivity index (χ3v) is 5.01. The molecule has 1 unspecified atom stereocenters. The second-order valence-electron chi connectivity index (χ2n) is 6.41. The highest BCUT2D eigenvalue weighted by atomic mass is 16.1. The van der Waals surface area contributed by atoms with E-state index in [9.17, 15) is 4.79 Å². The van der Waals surface area contributed by atoms with E-state index in [2.05, 4.69) is 35.2 Å². The average Bonchev–Trinajstić information content (AvgIpc) is 2.51. The van der Waals surface area contributed by atoms with E-state index in [0.717, 1.165) is 31.8 Å². The van der Waals surface area contributed by atoms with Gasteiger partial charge < -0.3 is 0 Å². The van der Waals surface area contributed by atoms with E-state index < -0.39 is 0 Å². The van der Waals surface area contributed by atoms with Crippen molar-refractivity contribution in [2.24, 2.45) is 5.92 Å². The highest BCUT2D eigenvalue weighted by Gasteiger charge is 2.33. The Morgan fingerprint density at radius 1 is 1.05 bits per heavy atom. The first-order valence-corrected chi connectivity index (χ1v) is 8.12. The number of rotatable bonds is 3. The Bertz CT molecular complexity index is 436. The van der Waals surface area contributed by atoms with Gasteiger partial charge in [0.05, 0.1) is 0 Å². The second kappa shape index (κ2) is 6.53. The van der Waals surface area contributed by atoms with Crippen molar-refractivity contribution in [1.82, 2.24) is 4.90 Å². The van der Waals surface area contributed by atoms with Gasteiger partial charge in [0.25, 0.3) is 0 Å². The van der Waals surface area contributed by atoms with Crippen LogP contribution >= 0.6 is 0 Å². The van der Waals surface area contributed by atoms with Crippen LogP contribution in [0.25, 0.3) is 0 Å². The van der Waals surface area contributed by atoms with Crippen LogP contribution in [0.3, 0.4) is 0 Å². The van der Waals surface area contributed by atoms with Gasteiger partial charge in [-0.15, -0.1) is 0 Å². The molecule has 0 bridgehead atoms. The van der Waals surface area contributed by atoms with Crippen molar-refractivity contribution >= 4 is 5.78 Å². The first-order chi connectivity index (χ1) is 9.83. The highest BCUT2D eigenvalue weighted by Crippen LogP contribution is 2.33. The maximum Gasteiger partial charge on any atom is 0.135 e. The lowest BCUT2D eigenvalue weighted by Crippen LogP contribution is -2.46. The number of Topliss-reactive ketones (excluding diaryl/α,β-unsaturated/α-hetero) is 1. The van der Waals surface area contributed by atoms with Crippen molar-refractivity contribution in [1.29, 1.82) is 0 Å². The van der Waals surface area contributed by atoms with E-state index in [1.54, 1.807) is 0 Å². The topological polar surface area (TPSA) is 20.3 Å². The molecule has 20 heavy (non-hydrogen) atoms. The van der Waals surface area contributed by atoms with Crippen LogP contribution in [-0.2, 0) is 11.3 Å². The molecule has 2 nitrogen and oxygen atoms in total. The van der Waals surface area contributed by atoms with Crippen LogP contribution < -0.4 is 0 Å². The van der Waals surface area contributed by atoms with Crippen molar-refractivity contribution in [2.45, 2.75) is 57.5 Å². The third kappa shape index (κ3) is 3.29. The summed E-state index contributed by atoms with van der Waals surface area (Å²) < 4.78 is 0. The molecule has 1 aromatic carbocycles. The van der Waals surface area contributed by atoms with Gasteiger partial charge in [-0.1, -0.05) is 49.6 Å². The zero-order chi connectivity index (χ0) is 13.8. The summed E-state index contributed by atoms with van der Waals surface area (Å²) in [6.45, 7) is 1.96. The van der Waals surface area contributed by atoms with E-state index in [4.69, 9.17) is 0 Å². The minimum Gasteiger partial charge on any atom is -0.300 e. The van der Waals surface area contributed by atoms with Gasteiger partial charge in [-0.2, -0.15) is 0 Å². The number of hydrogen-bond acceptors (Lipinski definition) is 2. The Balaban J connectivity index is 1.70. The van der Waals surface area contributed by atoms with Crippen LogP contribution in [-0.4, -0.2) is 23.3 Å². The molecule has 1 heterocycles. The molecule has 0 radical (unpaired) electrons. The van der Waals surface area contributed by atoms with Gasteiger partial charge in [-0.25, -0.2) is 0 Å². The zero-order valence-electron chi connectivity index (χ0n) is 12.3. The van der Waals surface area contributed by atoms with Crippen LogP contribution in [0.15, 0.2) is 30.3 Å². The Morgan fingerprint density at radius 3 is 2.55 bits per heavy atom. The standard InChI is InChI=1S/C18H25NO/c20-17-11-12-19(14-15-7-3-1-4-8-15)18(13-17)16-9-5-2-6-10-16/h1,3-4,7-8,16,18H,2,5-6,9-14H2. The van der Waals surface area contributed by atoms with Gasteiger partial charge in [0.15, 0.2) is 0 Å². The Hall–Kier alpha value is -1.15. The largest absolute Gasteiger partial charge is 0.300 e. The zero-order valence-corrected chi connectivity index (χ0v) is 12.3. The Morgan fingerprint density at radius 2 is 1.80 bits per heavy atom. The van der Waals surface area contributed by atoms with Gasteiger partial charge in [0, 0.05) is 32.0 Å². The molecule has 0 amide bonds. The molecule has 0 spiro atoms. The van der Waals surface area contributed by atoms with Crippen molar-refractivity contribution in [3.05, 3.63) is 35.9 Å². The van der Waals surface area contributed by atoms with Gasteiger partial charge >= 0.3 is 0 Å². The first kappa shape index (κ1) is 13.8. The predicted octanol–water partition coefficient (Wildman–Crippen LogP) is 3.80. The fourth-order valence-electron chi connectivity index (χ4n) is 3.90. The number of hydrogen-bond donors (Lipinski definition) is 0. The average molecular weight is 271 g/mol. The van der Waals surface area contributed by atoms with Crippen LogP contribution in [0.5, 0.6) is 0 Å². The molecule has 0 N–H and O–H groups in total. The monoisotopic (exact) mass is 271 g/mol. The number of carbonyl (C=O) groups is 1. The summed E-state index contributed by atoms with van der Waals surface area (Å²) in [5.74, 6) is 1.22. The van der Waals surface area contributed by atoms with Crippen molar-refractivity contribution < 1.29 is 4.79 Å². The summed E-state index contributed by atoms with van der Waals surface area (Å²) in [6.07, 6.45) is 8.28. The molecule has 1 atom stereocenters. The van der Waals surface area contributed by atoms with Crippen LogP contribution in [0.2, 0.25) is 0 Å². The molecule has 2 fully saturated rings. The van der Waals surface area contributed by atoms with E-state index >= 15 is 0 Å². The molecule has 1 aliphatic heterocycles. The van der Waals surface area contributed by atoms with E-state index in [-0.39, 0.29) is 0 Å². The summed E-state index contributed by atoms with van der Waals surface area (Å²) in [5.41, 5.74) is 1.38.